The van der Waals surface area contributed by atoms with Crippen LogP contribution in [0.2, 0.25) is 5.02 Å². The summed E-state index contributed by atoms with van der Waals surface area (Å²) in [6, 6.07) is 11.7. The first-order chi connectivity index (χ1) is 10.0. The number of nitrogens with one attached hydrogen (secondary N) is 1. The maximum absolute atomic E-state index is 11.8. The van der Waals surface area contributed by atoms with Gasteiger partial charge in [-0.3, -0.25) is 0 Å². The molecule has 21 heavy (non-hydrogen) atoms. The molecule has 2 rings (SSSR count). The molecule has 0 aliphatic carbocycles. The van der Waals surface area contributed by atoms with E-state index in [1.807, 2.05) is 13.0 Å². The van der Waals surface area contributed by atoms with Crippen LogP contribution in [0, 0.1) is 0 Å². The average molecular weight is 306 g/mol. The van der Waals surface area contributed by atoms with Crippen molar-refractivity contribution in [1.82, 2.24) is 0 Å². The molecule has 0 aliphatic heterocycles. The Balaban J connectivity index is 2.30. The normalized spacial score (nSPS) is 11.8. The molecule has 0 saturated heterocycles. The highest BCUT2D eigenvalue weighted by Crippen LogP contribution is 2.27. The lowest BCUT2D eigenvalue weighted by atomic mass is 10.1. The first kappa shape index (κ1) is 15.2. The molecule has 0 aliphatic rings. The molecule has 0 spiro atoms. The van der Waals surface area contributed by atoms with Gasteiger partial charge in [-0.1, -0.05) is 23.7 Å². The second-order valence-electron chi connectivity index (χ2n) is 4.64. The molecular weight excluding hydrogens is 290 g/mol. The molecule has 4 nitrogen and oxygen atoms in total. The van der Waals surface area contributed by atoms with Gasteiger partial charge >= 0.3 is 5.97 Å². The highest BCUT2D eigenvalue weighted by Gasteiger charge is 2.15. The molecule has 110 valence electrons. The molecule has 2 aromatic carbocycles. The zero-order valence-electron chi connectivity index (χ0n) is 11.8. The van der Waals surface area contributed by atoms with Crippen LogP contribution in [0.25, 0.3) is 0 Å². The number of phenolic OH excluding ortho intramolecular Hbond substituents is 1. The lowest BCUT2D eigenvalue weighted by Gasteiger charge is -2.18. The molecule has 0 aromatic heterocycles. The van der Waals surface area contributed by atoms with E-state index in [4.69, 9.17) is 16.3 Å². The zero-order valence-corrected chi connectivity index (χ0v) is 12.5. The predicted molar refractivity (Wildman–Crippen MR) is 82.9 cm³/mol. The summed E-state index contributed by atoms with van der Waals surface area (Å²) in [5.41, 5.74) is 1.89. The van der Waals surface area contributed by atoms with Gasteiger partial charge in [0.25, 0.3) is 0 Å². The molecule has 0 saturated carbocycles. The molecule has 0 fully saturated rings. The van der Waals surface area contributed by atoms with Crippen LogP contribution < -0.4 is 5.32 Å². The van der Waals surface area contributed by atoms with Crippen molar-refractivity contribution in [1.29, 1.82) is 0 Å². The Hall–Kier alpha value is -2.20. The molecule has 0 amide bonds. The van der Waals surface area contributed by atoms with Gasteiger partial charge in [-0.25, -0.2) is 4.79 Å². The topological polar surface area (TPSA) is 58.6 Å². The van der Waals surface area contributed by atoms with E-state index in [2.05, 4.69) is 5.32 Å². The van der Waals surface area contributed by atoms with Gasteiger partial charge in [0.15, 0.2) is 0 Å². The number of hydrogen-bond acceptors (Lipinski definition) is 4. The number of esters is 1. The molecule has 5 heteroatoms. The van der Waals surface area contributed by atoms with Gasteiger partial charge in [-0.15, -0.1) is 0 Å². The minimum absolute atomic E-state index is 0.112. The number of carbonyl (C=O) groups is 1. The number of carbonyl (C=O) groups excluding carboxylic acids is 1. The summed E-state index contributed by atoms with van der Waals surface area (Å²) in [5.74, 6) is -0.238. The second-order valence-corrected chi connectivity index (χ2v) is 5.08. The van der Waals surface area contributed by atoms with Crippen LogP contribution in [0.5, 0.6) is 5.75 Å². The number of rotatable bonds is 4. The second kappa shape index (κ2) is 6.50. The van der Waals surface area contributed by atoms with Crippen molar-refractivity contribution >= 4 is 23.3 Å². The highest BCUT2D eigenvalue weighted by molar-refractivity contribution is 6.31. The summed E-state index contributed by atoms with van der Waals surface area (Å²) in [5, 5.41) is 13.3. The standard InChI is InChI=1S/C16H16ClNO3/c1-10(11-4-3-5-13(19)8-11)18-15-9-12(17)6-7-14(15)16(20)21-2/h3-10,18-19H,1-2H3. The third kappa shape index (κ3) is 3.67. The van der Waals surface area contributed by atoms with E-state index in [-0.39, 0.29) is 11.8 Å². The third-order valence-electron chi connectivity index (χ3n) is 3.13. The summed E-state index contributed by atoms with van der Waals surface area (Å²) < 4.78 is 4.76. The Morgan fingerprint density at radius 2 is 2.05 bits per heavy atom. The maximum atomic E-state index is 11.8. The fourth-order valence-electron chi connectivity index (χ4n) is 2.03. The molecule has 0 bridgehead atoms. The number of hydrogen-bond donors (Lipinski definition) is 2. The molecule has 1 unspecified atom stereocenters. The minimum Gasteiger partial charge on any atom is -0.508 e. The first-order valence-electron chi connectivity index (χ1n) is 6.44. The SMILES string of the molecule is COC(=O)c1ccc(Cl)cc1NC(C)c1cccc(O)c1. The van der Waals surface area contributed by atoms with Crippen molar-refractivity contribution < 1.29 is 14.6 Å². The average Bonchev–Trinajstić information content (AvgIpc) is 2.46. The monoisotopic (exact) mass is 305 g/mol. The molecule has 0 heterocycles. The lowest BCUT2D eigenvalue weighted by molar-refractivity contribution is 0.0602. The lowest BCUT2D eigenvalue weighted by Crippen LogP contribution is -2.11. The smallest absolute Gasteiger partial charge is 0.339 e. The van der Waals surface area contributed by atoms with Crippen molar-refractivity contribution in [3.05, 3.63) is 58.6 Å². The quantitative estimate of drug-likeness (QED) is 0.838. The van der Waals surface area contributed by atoms with Gasteiger partial charge in [0.05, 0.1) is 18.4 Å². The number of halogens is 1. The van der Waals surface area contributed by atoms with Crippen LogP contribution in [0.4, 0.5) is 5.69 Å². The van der Waals surface area contributed by atoms with E-state index < -0.39 is 5.97 Å². The van der Waals surface area contributed by atoms with Crippen LogP contribution in [0.15, 0.2) is 42.5 Å². The molecule has 0 radical (unpaired) electrons. The Kier molecular flexibility index (Phi) is 4.70. The molecule has 1 atom stereocenters. The molecule has 2 N–H and O–H groups in total. The van der Waals surface area contributed by atoms with Gasteiger partial charge in [-0.2, -0.15) is 0 Å². The van der Waals surface area contributed by atoms with E-state index in [1.165, 1.54) is 7.11 Å². The fourth-order valence-corrected chi connectivity index (χ4v) is 2.21. The van der Waals surface area contributed by atoms with Crippen molar-refractivity contribution in [2.75, 3.05) is 12.4 Å². The Labute approximate surface area is 128 Å². The fraction of sp³-hybridized carbons (Fsp3) is 0.188. The molecule has 2 aromatic rings. The summed E-state index contributed by atoms with van der Waals surface area (Å²) >= 11 is 5.99. The number of ether oxygens (including phenoxy) is 1. The third-order valence-corrected chi connectivity index (χ3v) is 3.36. The summed E-state index contributed by atoms with van der Waals surface area (Å²) in [7, 11) is 1.33. The number of aromatic hydroxyl groups is 1. The summed E-state index contributed by atoms with van der Waals surface area (Å²) in [6.45, 7) is 1.93. The number of methoxy groups -OCH3 is 1. The van der Waals surface area contributed by atoms with Crippen LogP contribution >= 0.6 is 11.6 Å². The van der Waals surface area contributed by atoms with E-state index in [1.54, 1.807) is 36.4 Å². The van der Waals surface area contributed by atoms with Crippen LogP contribution in [-0.4, -0.2) is 18.2 Å². The Morgan fingerprint density at radius 3 is 2.71 bits per heavy atom. The van der Waals surface area contributed by atoms with Crippen LogP contribution in [0.3, 0.4) is 0 Å². The van der Waals surface area contributed by atoms with Crippen molar-refractivity contribution in [3.8, 4) is 5.75 Å². The van der Waals surface area contributed by atoms with Gasteiger partial charge in [-0.05, 0) is 42.8 Å². The van der Waals surface area contributed by atoms with Crippen LogP contribution in [-0.2, 0) is 4.74 Å². The largest absolute Gasteiger partial charge is 0.508 e. The first-order valence-corrected chi connectivity index (χ1v) is 6.82. The summed E-state index contributed by atoms with van der Waals surface area (Å²) in [4.78, 5) is 11.8. The van der Waals surface area contributed by atoms with Crippen LogP contribution in [0.1, 0.15) is 28.9 Å². The highest BCUT2D eigenvalue weighted by atomic mass is 35.5. The predicted octanol–water partition coefficient (Wildman–Crippen LogP) is 4.01. The van der Waals surface area contributed by atoms with Crippen molar-refractivity contribution in [2.24, 2.45) is 0 Å². The number of phenols is 1. The van der Waals surface area contributed by atoms with E-state index in [0.29, 0.717) is 16.3 Å². The van der Waals surface area contributed by atoms with Crippen molar-refractivity contribution in [2.45, 2.75) is 13.0 Å². The van der Waals surface area contributed by atoms with E-state index in [0.717, 1.165) is 5.56 Å². The van der Waals surface area contributed by atoms with Gasteiger partial charge in [0.1, 0.15) is 5.75 Å². The maximum Gasteiger partial charge on any atom is 0.339 e. The van der Waals surface area contributed by atoms with Gasteiger partial charge in [0, 0.05) is 11.1 Å². The minimum atomic E-state index is -0.433. The van der Waals surface area contributed by atoms with E-state index in [9.17, 15) is 9.90 Å². The zero-order chi connectivity index (χ0) is 15.4. The van der Waals surface area contributed by atoms with Crippen molar-refractivity contribution in [3.63, 3.8) is 0 Å². The Morgan fingerprint density at radius 1 is 1.29 bits per heavy atom. The number of anilines is 1. The van der Waals surface area contributed by atoms with E-state index >= 15 is 0 Å². The van der Waals surface area contributed by atoms with Gasteiger partial charge in [0.2, 0.25) is 0 Å². The molecular formula is C16H16ClNO3. The number of benzene rings is 2. The summed E-state index contributed by atoms with van der Waals surface area (Å²) in [6.07, 6.45) is 0. The Bertz CT molecular complexity index is 658. The van der Waals surface area contributed by atoms with Gasteiger partial charge < -0.3 is 15.2 Å².